The van der Waals surface area contributed by atoms with Gasteiger partial charge in [-0.15, -0.1) is 0 Å². The number of carbonyl (C=O) groups excluding carboxylic acids is 2. The molecule has 0 heterocycles. The molecular weight excluding hydrogens is 624 g/mol. The Labute approximate surface area is 307 Å². The summed E-state index contributed by atoms with van der Waals surface area (Å²) in [6, 6.07) is 0. The molecule has 6 heteroatoms. The zero-order valence-corrected chi connectivity index (χ0v) is 32.3. The fourth-order valence-electron chi connectivity index (χ4n) is 5.55. The van der Waals surface area contributed by atoms with Crippen LogP contribution in [0.1, 0.15) is 181 Å². The van der Waals surface area contributed by atoms with Gasteiger partial charge >= 0.3 is 11.9 Å². The van der Waals surface area contributed by atoms with Crippen LogP contribution in [0.15, 0.2) is 60.8 Å². The van der Waals surface area contributed by atoms with Gasteiger partial charge in [0.2, 0.25) is 0 Å². The average molecular weight is 701 g/mol. The highest BCUT2D eigenvalue weighted by atomic mass is 16.6. The monoisotopic (exact) mass is 701 g/mol. The number of hydrogen-bond donors (Lipinski definition) is 2. The van der Waals surface area contributed by atoms with E-state index in [1.807, 2.05) is 37.3 Å². The van der Waals surface area contributed by atoms with Crippen LogP contribution in [0.4, 0.5) is 0 Å². The highest BCUT2D eigenvalue weighted by molar-refractivity contribution is 5.70. The Hall–Kier alpha value is -2.44. The Kier molecular flexibility index (Phi) is 37.4. The van der Waals surface area contributed by atoms with Crippen LogP contribution >= 0.6 is 0 Å². The molecule has 0 aromatic carbocycles. The number of allylic oxidation sites excluding steroid dienone is 8. The van der Waals surface area contributed by atoms with Crippen LogP contribution in [0, 0.1) is 0 Å². The molecule has 6 nitrogen and oxygen atoms in total. The topological polar surface area (TPSA) is 93.1 Å². The van der Waals surface area contributed by atoms with Crippen molar-refractivity contribution in [2.45, 2.75) is 193 Å². The molecule has 0 rings (SSSR count). The Bertz CT molecular complexity index is 902. The maximum absolute atomic E-state index is 12.2. The molecule has 0 fully saturated rings. The minimum absolute atomic E-state index is 0.108. The molecule has 0 spiro atoms. The summed E-state index contributed by atoms with van der Waals surface area (Å²) in [5, 5.41) is 19.3. The molecular formula is C44H76O6. The summed E-state index contributed by atoms with van der Waals surface area (Å²) >= 11 is 0. The van der Waals surface area contributed by atoms with E-state index in [2.05, 4.69) is 37.3 Å². The van der Waals surface area contributed by atoms with E-state index in [0.29, 0.717) is 19.3 Å². The second-order valence-electron chi connectivity index (χ2n) is 13.5. The fourth-order valence-corrected chi connectivity index (χ4v) is 5.55. The SMILES string of the molecule is CC/C=C\C(O)C/C=C/C=C\C/C=C\C/C=C\CCCC(=O)OC[C@H](CO)OC(=O)CCCCCCCCCCCCCCCCCCCC. The Morgan fingerprint density at radius 1 is 0.580 bits per heavy atom. The van der Waals surface area contributed by atoms with Crippen molar-refractivity contribution in [2.75, 3.05) is 13.2 Å². The van der Waals surface area contributed by atoms with Crippen LogP contribution in [0.5, 0.6) is 0 Å². The molecule has 0 radical (unpaired) electrons. The van der Waals surface area contributed by atoms with Crippen molar-refractivity contribution in [1.29, 1.82) is 0 Å². The van der Waals surface area contributed by atoms with Crippen LogP contribution in [-0.4, -0.2) is 47.6 Å². The van der Waals surface area contributed by atoms with Gasteiger partial charge in [0.05, 0.1) is 12.7 Å². The van der Waals surface area contributed by atoms with Gasteiger partial charge in [-0.25, -0.2) is 0 Å². The second-order valence-corrected chi connectivity index (χ2v) is 13.5. The van der Waals surface area contributed by atoms with Crippen LogP contribution in [0.25, 0.3) is 0 Å². The first-order chi connectivity index (χ1) is 24.5. The molecule has 0 bridgehead atoms. The average Bonchev–Trinajstić information content (AvgIpc) is 3.11. The van der Waals surface area contributed by atoms with Gasteiger partial charge in [0.1, 0.15) is 6.61 Å². The molecule has 2 N–H and O–H groups in total. The Morgan fingerprint density at radius 2 is 1.08 bits per heavy atom. The molecule has 0 aliphatic rings. The number of carbonyl (C=O) groups is 2. The first kappa shape index (κ1) is 47.6. The molecule has 0 saturated carbocycles. The van der Waals surface area contributed by atoms with Crippen LogP contribution < -0.4 is 0 Å². The number of aliphatic hydroxyl groups is 2. The van der Waals surface area contributed by atoms with E-state index in [1.165, 1.54) is 96.3 Å². The molecule has 0 amide bonds. The summed E-state index contributed by atoms with van der Waals surface area (Å²) in [5.41, 5.74) is 0. The number of unbranched alkanes of at least 4 members (excludes halogenated alkanes) is 18. The molecule has 0 aromatic heterocycles. The van der Waals surface area contributed by atoms with Gasteiger partial charge in [-0.2, -0.15) is 0 Å². The number of hydrogen-bond acceptors (Lipinski definition) is 6. The molecule has 0 aliphatic heterocycles. The third kappa shape index (κ3) is 36.8. The quantitative estimate of drug-likeness (QED) is 0.0292. The highest BCUT2D eigenvalue weighted by Crippen LogP contribution is 2.15. The number of aliphatic hydroxyl groups excluding tert-OH is 2. The maximum Gasteiger partial charge on any atom is 0.306 e. The predicted molar refractivity (Wildman–Crippen MR) is 211 cm³/mol. The van der Waals surface area contributed by atoms with Crippen molar-refractivity contribution < 1.29 is 29.3 Å². The fraction of sp³-hybridized carbons (Fsp3) is 0.727. The lowest BCUT2D eigenvalue weighted by Crippen LogP contribution is -2.28. The summed E-state index contributed by atoms with van der Waals surface area (Å²) in [7, 11) is 0. The van der Waals surface area contributed by atoms with E-state index in [1.54, 1.807) is 0 Å². The van der Waals surface area contributed by atoms with Crippen molar-refractivity contribution in [3.8, 4) is 0 Å². The van der Waals surface area contributed by atoms with E-state index >= 15 is 0 Å². The second kappa shape index (κ2) is 39.3. The Morgan fingerprint density at radius 3 is 1.64 bits per heavy atom. The molecule has 50 heavy (non-hydrogen) atoms. The summed E-state index contributed by atoms with van der Waals surface area (Å²) in [6.45, 7) is 3.86. The first-order valence-electron chi connectivity index (χ1n) is 20.5. The van der Waals surface area contributed by atoms with Gasteiger partial charge < -0.3 is 19.7 Å². The van der Waals surface area contributed by atoms with E-state index in [9.17, 15) is 19.8 Å². The minimum atomic E-state index is -0.805. The van der Waals surface area contributed by atoms with Gasteiger partial charge in [-0.1, -0.05) is 184 Å². The predicted octanol–water partition coefficient (Wildman–Crippen LogP) is 11.8. The smallest absolute Gasteiger partial charge is 0.306 e. The molecule has 0 saturated heterocycles. The van der Waals surface area contributed by atoms with Crippen LogP contribution in [-0.2, 0) is 19.1 Å². The molecule has 0 aliphatic carbocycles. The lowest BCUT2D eigenvalue weighted by molar-refractivity contribution is -0.161. The maximum atomic E-state index is 12.2. The van der Waals surface area contributed by atoms with E-state index in [-0.39, 0.29) is 31.6 Å². The van der Waals surface area contributed by atoms with Crippen LogP contribution in [0.3, 0.4) is 0 Å². The standard InChI is InChI=1S/C44H76O6/c1-3-5-7-8-9-10-11-12-13-14-15-16-17-22-25-28-31-34-38-44(48)50-42(39-45)40-49-43(47)37-33-30-27-24-21-19-18-20-23-26-29-32-36-41(46)35-6-4-2/h6,18-19,23-24,26-27,29,32,35,41-42,45-46H,3-5,7-17,20-22,25,28,30-31,33-34,36-40H2,1-2H3/b19-18-,26-23-,27-24-,32-29+,35-6-/t41?,42-/m0/s1. The van der Waals surface area contributed by atoms with E-state index in [4.69, 9.17) is 9.47 Å². The normalized spacial score (nSPS) is 13.4. The van der Waals surface area contributed by atoms with Gasteiger partial charge in [-0.05, 0) is 44.9 Å². The van der Waals surface area contributed by atoms with Crippen molar-refractivity contribution in [1.82, 2.24) is 0 Å². The number of ether oxygens (including phenoxy) is 2. The first-order valence-corrected chi connectivity index (χ1v) is 20.5. The minimum Gasteiger partial charge on any atom is -0.462 e. The van der Waals surface area contributed by atoms with Crippen LogP contribution in [0.2, 0.25) is 0 Å². The van der Waals surface area contributed by atoms with Crippen molar-refractivity contribution >= 4 is 11.9 Å². The zero-order chi connectivity index (χ0) is 36.6. The molecule has 1 unspecified atom stereocenters. The van der Waals surface area contributed by atoms with E-state index in [0.717, 1.165) is 44.9 Å². The molecule has 2 atom stereocenters. The van der Waals surface area contributed by atoms with Gasteiger partial charge in [0, 0.05) is 12.8 Å². The summed E-state index contributed by atoms with van der Waals surface area (Å²) in [5.74, 6) is -0.681. The summed E-state index contributed by atoms with van der Waals surface area (Å²) in [4.78, 5) is 24.3. The molecule has 0 aromatic rings. The summed E-state index contributed by atoms with van der Waals surface area (Å²) < 4.78 is 10.6. The van der Waals surface area contributed by atoms with Gasteiger partial charge in [0.25, 0.3) is 0 Å². The Balaban J connectivity index is 3.66. The molecule has 288 valence electrons. The highest BCUT2D eigenvalue weighted by Gasteiger charge is 2.16. The van der Waals surface area contributed by atoms with Crippen molar-refractivity contribution in [3.05, 3.63) is 60.8 Å². The third-order valence-electron chi connectivity index (χ3n) is 8.65. The number of esters is 2. The van der Waals surface area contributed by atoms with Gasteiger partial charge in [0.15, 0.2) is 6.10 Å². The van der Waals surface area contributed by atoms with Crippen molar-refractivity contribution in [3.63, 3.8) is 0 Å². The summed E-state index contributed by atoms with van der Waals surface area (Å²) in [6.07, 6.45) is 47.7. The third-order valence-corrected chi connectivity index (χ3v) is 8.65. The number of rotatable bonds is 36. The zero-order valence-electron chi connectivity index (χ0n) is 32.3. The largest absolute Gasteiger partial charge is 0.462 e. The lowest BCUT2D eigenvalue weighted by atomic mass is 10.0. The van der Waals surface area contributed by atoms with Gasteiger partial charge in [-0.3, -0.25) is 9.59 Å². The lowest BCUT2D eigenvalue weighted by Gasteiger charge is -2.15. The van der Waals surface area contributed by atoms with Crippen molar-refractivity contribution in [2.24, 2.45) is 0 Å². The van der Waals surface area contributed by atoms with E-state index < -0.39 is 12.2 Å².